The van der Waals surface area contributed by atoms with E-state index in [1.54, 1.807) is 0 Å². The Morgan fingerprint density at radius 2 is 1.56 bits per heavy atom. The van der Waals surface area contributed by atoms with Gasteiger partial charge < -0.3 is 4.43 Å². The van der Waals surface area contributed by atoms with Gasteiger partial charge in [0, 0.05) is 6.42 Å². The van der Waals surface area contributed by atoms with E-state index in [2.05, 4.69) is 4.43 Å². The van der Waals surface area contributed by atoms with Gasteiger partial charge >= 0.3 is 18.3 Å². The highest BCUT2D eigenvalue weighted by Crippen LogP contribution is 2.28. The zero-order valence-corrected chi connectivity index (χ0v) is 9.50. The minimum atomic E-state index is -5.16. The van der Waals surface area contributed by atoms with Gasteiger partial charge in [-0.3, -0.25) is 0 Å². The average molecular weight is 268 g/mol. The number of hydrogen-bond donors (Lipinski definition) is 0. The second kappa shape index (κ2) is 4.64. The molecule has 0 aromatic heterocycles. The molecule has 96 valence electrons. The van der Waals surface area contributed by atoms with E-state index in [-0.39, 0.29) is 0 Å². The lowest BCUT2D eigenvalue weighted by molar-refractivity contribution is -0.190. The van der Waals surface area contributed by atoms with Crippen LogP contribution in [-0.2, 0) is 9.22 Å². The lowest BCUT2D eigenvalue weighted by Gasteiger charge is -2.23. The first kappa shape index (κ1) is 15.3. The van der Waals surface area contributed by atoms with Gasteiger partial charge in [0.05, 0.1) is 0 Å². The molecule has 9 heteroatoms. The third-order valence-electron chi connectivity index (χ3n) is 1.61. The number of carbonyl (C=O) groups is 1. The summed E-state index contributed by atoms with van der Waals surface area (Å²) in [5, 5.41) is 0. The van der Waals surface area contributed by atoms with E-state index in [0.717, 1.165) is 13.1 Å². The SMILES string of the molecule is C[Si](C)(CCC(F)(F)F)OC(=O)C(F)(F)F. The lowest BCUT2D eigenvalue weighted by Crippen LogP contribution is -2.39. The van der Waals surface area contributed by atoms with Crippen molar-refractivity contribution in [1.82, 2.24) is 0 Å². The van der Waals surface area contributed by atoms with Crippen LogP contribution >= 0.6 is 0 Å². The predicted octanol–water partition coefficient (Wildman–Crippen LogP) is 3.25. The molecule has 0 fully saturated rings. The fourth-order valence-corrected chi connectivity index (χ4v) is 2.41. The molecule has 0 saturated carbocycles. The number of rotatable bonds is 3. The summed E-state index contributed by atoms with van der Waals surface area (Å²) in [6.45, 7) is 2.25. The largest absolute Gasteiger partial charge is 0.513 e. The summed E-state index contributed by atoms with van der Waals surface area (Å²) >= 11 is 0. The Bertz CT molecular complexity index is 257. The number of alkyl halides is 6. The van der Waals surface area contributed by atoms with E-state index in [0.29, 0.717) is 0 Å². The molecule has 0 amide bonds. The van der Waals surface area contributed by atoms with Crippen LogP contribution in [0.15, 0.2) is 0 Å². The Kier molecular flexibility index (Phi) is 4.43. The van der Waals surface area contributed by atoms with Gasteiger partial charge in [-0.1, -0.05) is 0 Å². The molecule has 0 aliphatic heterocycles. The summed E-state index contributed by atoms with van der Waals surface area (Å²) in [6.07, 6.45) is -10.9. The van der Waals surface area contributed by atoms with E-state index < -0.39 is 39.1 Å². The monoisotopic (exact) mass is 268 g/mol. The first-order valence-corrected chi connectivity index (χ1v) is 7.32. The third kappa shape index (κ3) is 6.70. The highest BCUT2D eigenvalue weighted by atomic mass is 28.4. The molecule has 0 aliphatic rings. The molecule has 0 spiro atoms. The quantitative estimate of drug-likeness (QED) is 0.580. The van der Waals surface area contributed by atoms with E-state index in [1.165, 1.54) is 0 Å². The van der Waals surface area contributed by atoms with E-state index >= 15 is 0 Å². The first-order valence-electron chi connectivity index (χ1n) is 4.20. The van der Waals surface area contributed by atoms with Gasteiger partial charge in [-0.05, 0) is 19.1 Å². The molecule has 0 aromatic rings. The maximum absolute atomic E-state index is 11.8. The average Bonchev–Trinajstić information content (AvgIpc) is 1.97. The zero-order valence-electron chi connectivity index (χ0n) is 8.50. The zero-order chi connectivity index (χ0) is 13.2. The van der Waals surface area contributed by atoms with Gasteiger partial charge in [0.25, 0.3) is 0 Å². The van der Waals surface area contributed by atoms with Crippen molar-refractivity contribution in [1.29, 1.82) is 0 Å². The number of carbonyl (C=O) groups excluding carboxylic acids is 1. The van der Waals surface area contributed by atoms with E-state index in [1.807, 2.05) is 0 Å². The minimum absolute atomic E-state index is 0.585. The molecule has 0 aliphatic carbocycles. The summed E-state index contributed by atoms with van der Waals surface area (Å²) in [5.74, 6) is -2.42. The van der Waals surface area contributed by atoms with Crippen LogP contribution in [0.25, 0.3) is 0 Å². The van der Waals surface area contributed by atoms with Gasteiger partial charge in [-0.25, -0.2) is 4.79 Å². The van der Waals surface area contributed by atoms with Crippen molar-refractivity contribution in [3.8, 4) is 0 Å². The van der Waals surface area contributed by atoms with Crippen LogP contribution in [0.2, 0.25) is 19.1 Å². The second-order valence-corrected chi connectivity index (χ2v) is 7.99. The molecule has 0 rings (SSSR count). The van der Waals surface area contributed by atoms with E-state index in [9.17, 15) is 31.1 Å². The summed E-state index contributed by atoms with van der Waals surface area (Å²) in [6, 6.07) is -0.585. The molecule has 0 aromatic carbocycles. The van der Waals surface area contributed by atoms with Gasteiger partial charge in [0.1, 0.15) is 0 Å². The van der Waals surface area contributed by atoms with Gasteiger partial charge in [-0.15, -0.1) is 0 Å². The molecule has 0 atom stereocenters. The topological polar surface area (TPSA) is 26.3 Å². The molecule has 0 unspecified atom stereocenters. The van der Waals surface area contributed by atoms with Crippen molar-refractivity contribution in [3.05, 3.63) is 0 Å². The molecule has 0 N–H and O–H groups in total. The molecule has 0 radical (unpaired) electrons. The Labute approximate surface area is 88.7 Å². The van der Waals surface area contributed by atoms with Crippen molar-refractivity contribution in [2.24, 2.45) is 0 Å². The van der Waals surface area contributed by atoms with Crippen molar-refractivity contribution in [2.45, 2.75) is 37.9 Å². The molecule has 0 bridgehead atoms. The Morgan fingerprint density at radius 1 is 1.12 bits per heavy atom. The molecular weight excluding hydrogens is 258 g/mol. The molecule has 0 saturated heterocycles. The van der Waals surface area contributed by atoms with Crippen LogP contribution in [0.5, 0.6) is 0 Å². The van der Waals surface area contributed by atoms with Gasteiger partial charge in [-0.2, -0.15) is 26.3 Å². The van der Waals surface area contributed by atoms with Crippen LogP contribution in [0, 0.1) is 0 Å². The van der Waals surface area contributed by atoms with E-state index in [4.69, 9.17) is 0 Å². The highest BCUT2D eigenvalue weighted by Gasteiger charge is 2.45. The second-order valence-electron chi connectivity index (χ2n) is 3.76. The first-order chi connectivity index (χ1) is 6.83. The molecule has 2 nitrogen and oxygen atoms in total. The van der Waals surface area contributed by atoms with Crippen LogP contribution in [0.4, 0.5) is 26.3 Å². The predicted molar refractivity (Wildman–Crippen MR) is 45.1 cm³/mol. The maximum atomic E-state index is 11.8. The van der Waals surface area contributed by atoms with Gasteiger partial charge in [0.2, 0.25) is 8.32 Å². The minimum Gasteiger partial charge on any atom is -0.513 e. The van der Waals surface area contributed by atoms with Crippen molar-refractivity contribution in [2.75, 3.05) is 0 Å². The van der Waals surface area contributed by atoms with Crippen LogP contribution < -0.4 is 0 Å². The third-order valence-corrected chi connectivity index (χ3v) is 3.80. The van der Waals surface area contributed by atoms with Crippen LogP contribution in [-0.4, -0.2) is 26.6 Å². The molecule has 0 heterocycles. The smallest absolute Gasteiger partial charge is 0.489 e. The summed E-state index contributed by atoms with van der Waals surface area (Å²) in [5.41, 5.74) is 0. The van der Waals surface area contributed by atoms with Crippen LogP contribution in [0.3, 0.4) is 0 Å². The fourth-order valence-electron chi connectivity index (χ4n) is 0.803. The van der Waals surface area contributed by atoms with Crippen molar-refractivity contribution >= 4 is 14.3 Å². The molecular formula is C7H10F6O2Si. The maximum Gasteiger partial charge on any atom is 0.489 e. The normalized spacial score (nSPS) is 13.8. The summed E-state index contributed by atoms with van der Waals surface area (Å²) < 4.78 is 74.9. The van der Waals surface area contributed by atoms with Crippen molar-refractivity contribution < 1.29 is 35.6 Å². The summed E-state index contributed by atoms with van der Waals surface area (Å²) in [7, 11) is -3.28. The molecule has 16 heavy (non-hydrogen) atoms. The Morgan fingerprint density at radius 3 is 1.88 bits per heavy atom. The number of hydrogen-bond acceptors (Lipinski definition) is 2. The Hall–Kier alpha value is -0.733. The van der Waals surface area contributed by atoms with Gasteiger partial charge in [0.15, 0.2) is 0 Å². The fraction of sp³-hybridized carbons (Fsp3) is 0.857. The Balaban J connectivity index is 4.31. The standard InChI is InChI=1S/C7H10F6O2Si/c1-16(2,4-3-6(8,9)10)15-5(14)7(11,12)13/h3-4H2,1-2H3. The lowest BCUT2D eigenvalue weighted by atomic mass is 10.5. The number of halogens is 6. The highest BCUT2D eigenvalue weighted by molar-refractivity contribution is 6.72. The summed E-state index contributed by atoms with van der Waals surface area (Å²) in [4.78, 5) is 10.4. The van der Waals surface area contributed by atoms with Crippen molar-refractivity contribution in [3.63, 3.8) is 0 Å². The van der Waals surface area contributed by atoms with Crippen LogP contribution in [0.1, 0.15) is 6.42 Å².